The van der Waals surface area contributed by atoms with Gasteiger partial charge in [0, 0.05) is 24.3 Å². The second-order valence-corrected chi connectivity index (χ2v) is 8.28. The van der Waals surface area contributed by atoms with E-state index in [1.807, 2.05) is 62.5 Å². The molecule has 0 aliphatic carbocycles. The van der Waals surface area contributed by atoms with Crippen molar-refractivity contribution in [2.45, 2.75) is 33.4 Å². The molecule has 1 atom stereocenters. The van der Waals surface area contributed by atoms with E-state index in [1.54, 1.807) is 16.9 Å². The Morgan fingerprint density at radius 2 is 2.00 bits per heavy atom. The number of carbonyl (C=O) groups is 1. The summed E-state index contributed by atoms with van der Waals surface area (Å²) in [6, 6.07) is 13.3. The fourth-order valence-corrected chi connectivity index (χ4v) is 3.84. The Labute approximate surface area is 195 Å². The van der Waals surface area contributed by atoms with Crippen LogP contribution in [-0.2, 0) is 11.3 Å². The van der Waals surface area contributed by atoms with Gasteiger partial charge in [-0.2, -0.15) is 4.68 Å². The Hall–Kier alpha value is -3.63. The molecule has 0 saturated heterocycles. The van der Waals surface area contributed by atoms with Crippen LogP contribution in [0.2, 0.25) is 0 Å². The van der Waals surface area contributed by atoms with Gasteiger partial charge < -0.3 is 14.8 Å². The molecule has 1 unspecified atom stereocenters. The summed E-state index contributed by atoms with van der Waals surface area (Å²) in [5.74, 6) is 0.912. The van der Waals surface area contributed by atoms with Crippen LogP contribution in [0.15, 0.2) is 54.0 Å². The maximum Gasteiger partial charge on any atom is 0.413 e. The maximum atomic E-state index is 12.6. The second kappa shape index (κ2) is 10.3. The SMILES string of the molecule is CCOCc1nnnn1-c1cc(OC(=O)NC(C)c2nccs2)cc(-c2ccc(C)cc2)c1. The van der Waals surface area contributed by atoms with Crippen molar-refractivity contribution in [1.82, 2.24) is 30.5 Å². The summed E-state index contributed by atoms with van der Waals surface area (Å²) in [5.41, 5.74) is 3.65. The molecule has 10 heteroatoms. The Morgan fingerprint density at radius 1 is 1.18 bits per heavy atom. The van der Waals surface area contributed by atoms with Gasteiger partial charge >= 0.3 is 6.09 Å². The smallest absolute Gasteiger partial charge is 0.410 e. The highest BCUT2D eigenvalue weighted by atomic mass is 32.1. The van der Waals surface area contributed by atoms with E-state index in [0.717, 1.165) is 21.7 Å². The summed E-state index contributed by atoms with van der Waals surface area (Å²) in [7, 11) is 0. The molecule has 2 aromatic heterocycles. The number of aromatic nitrogens is 5. The Bertz CT molecular complexity index is 1210. The second-order valence-electron chi connectivity index (χ2n) is 7.35. The molecule has 4 rings (SSSR count). The molecule has 0 saturated carbocycles. The molecule has 0 bridgehead atoms. The number of rotatable bonds is 8. The predicted octanol–water partition coefficient (Wildman–Crippen LogP) is 4.48. The first-order valence-electron chi connectivity index (χ1n) is 10.5. The van der Waals surface area contributed by atoms with Crippen molar-refractivity contribution in [3.05, 3.63) is 70.4 Å². The third-order valence-electron chi connectivity index (χ3n) is 4.86. The standard InChI is InChI=1S/C23H24N6O3S/c1-4-31-14-21-26-27-28-29(21)19-11-18(17-7-5-15(2)6-8-17)12-20(13-19)32-23(30)25-16(3)22-24-9-10-33-22/h5-13,16H,4,14H2,1-3H3,(H,25,30). The van der Waals surface area contributed by atoms with E-state index >= 15 is 0 Å². The van der Waals surface area contributed by atoms with Crippen molar-refractivity contribution in [3.63, 3.8) is 0 Å². The highest BCUT2D eigenvalue weighted by Gasteiger charge is 2.16. The van der Waals surface area contributed by atoms with Gasteiger partial charge in [0.2, 0.25) is 0 Å². The number of ether oxygens (including phenoxy) is 2. The van der Waals surface area contributed by atoms with Gasteiger partial charge in [0.05, 0.1) is 11.7 Å². The fraction of sp³-hybridized carbons (Fsp3) is 0.261. The topological polar surface area (TPSA) is 104 Å². The molecule has 0 spiro atoms. The lowest BCUT2D eigenvalue weighted by Crippen LogP contribution is -2.29. The zero-order chi connectivity index (χ0) is 23.2. The predicted molar refractivity (Wildman–Crippen MR) is 124 cm³/mol. The van der Waals surface area contributed by atoms with Gasteiger partial charge in [0.25, 0.3) is 0 Å². The molecular formula is C23H24N6O3S. The number of nitrogens with zero attached hydrogens (tertiary/aromatic N) is 5. The summed E-state index contributed by atoms with van der Waals surface area (Å²) < 4.78 is 12.7. The first-order valence-corrected chi connectivity index (χ1v) is 11.4. The minimum Gasteiger partial charge on any atom is -0.410 e. The monoisotopic (exact) mass is 464 g/mol. The van der Waals surface area contributed by atoms with Crippen LogP contribution >= 0.6 is 11.3 Å². The van der Waals surface area contributed by atoms with Crippen LogP contribution in [0.4, 0.5) is 4.79 Å². The van der Waals surface area contributed by atoms with Gasteiger partial charge in [-0.25, -0.2) is 9.78 Å². The minimum absolute atomic E-state index is 0.264. The molecular weight excluding hydrogens is 440 g/mol. The van der Waals surface area contributed by atoms with E-state index in [2.05, 4.69) is 25.8 Å². The first-order chi connectivity index (χ1) is 16.0. The van der Waals surface area contributed by atoms with E-state index in [-0.39, 0.29) is 12.6 Å². The summed E-state index contributed by atoms with van der Waals surface area (Å²) in [5, 5.41) is 17.4. The molecule has 2 heterocycles. The van der Waals surface area contributed by atoms with Crippen molar-refractivity contribution in [1.29, 1.82) is 0 Å². The molecule has 33 heavy (non-hydrogen) atoms. The molecule has 170 valence electrons. The van der Waals surface area contributed by atoms with Gasteiger partial charge in [-0.05, 0) is 54.5 Å². The molecule has 1 amide bonds. The first kappa shape index (κ1) is 22.6. The number of carbonyl (C=O) groups excluding carboxylic acids is 1. The number of tetrazole rings is 1. The molecule has 2 aromatic carbocycles. The van der Waals surface area contributed by atoms with Crippen molar-refractivity contribution < 1.29 is 14.3 Å². The largest absolute Gasteiger partial charge is 0.413 e. The van der Waals surface area contributed by atoms with E-state index < -0.39 is 6.09 Å². The molecule has 9 nitrogen and oxygen atoms in total. The number of hydrogen-bond acceptors (Lipinski definition) is 8. The lowest BCUT2D eigenvalue weighted by Gasteiger charge is -2.14. The van der Waals surface area contributed by atoms with Gasteiger partial charge in [0.15, 0.2) is 5.82 Å². The molecule has 4 aromatic rings. The summed E-state index contributed by atoms with van der Waals surface area (Å²) in [6.45, 7) is 6.60. The summed E-state index contributed by atoms with van der Waals surface area (Å²) >= 11 is 1.47. The average Bonchev–Trinajstić information content (AvgIpc) is 3.50. The van der Waals surface area contributed by atoms with Crippen molar-refractivity contribution >= 4 is 17.4 Å². The Morgan fingerprint density at radius 3 is 2.73 bits per heavy atom. The van der Waals surface area contributed by atoms with Gasteiger partial charge in [0.1, 0.15) is 17.4 Å². The quantitative estimate of drug-likeness (QED) is 0.410. The lowest BCUT2D eigenvalue weighted by atomic mass is 10.0. The van der Waals surface area contributed by atoms with E-state index in [0.29, 0.717) is 23.9 Å². The van der Waals surface area contributed by atoms with Crippen LogP contribution in [-0.4, -0.2) is 37.9 Å². The van der Waals surface area contributed by atoms with E-state index in [4.69, 9.17) is 9.47 Å². The number of amides is 1. The van der Waals surface area contributed by atoms with Gasteiger partial charge in [-0.15, -0.1) is 16.4 Å². The number of aryl methyl sites for hydroxylation is 1. The summed E-state index contributed by atoms with van der Waals surface area (Å²) in [6.07, 6.45) is 1.13. The average molecular weight is 465 g/mol. The Kier molecular flexibility index (Phi) is 7.06. The molecule has 0 aliphatic rings. The highest BCUT2D eigenvalue weighted by molar-refractivity contribution is 7.09. The van der Waals surface area contributed by atoms with Crippen molar-refractivity contribution in [3.8, 4) is 22.6 Å². The zero-order valence-corrected chi connectivity index (χ0v) is 19.4. The van der Waals surface area contributed by atoms with E-state index in [1.165, 1.54) is 11.3 Å². The van der Waals surface area contributed by atoms with Gasteiger partial charge in [-0.3, -0.25) is 0 Å². The normalized spacial score (nSPS) is 11.8. The summed E-state index contributed by atoms with van der Waals surface area (Å²) in [4.78, 5) is 16.8. The van der Waals surface area contributed by atoms with Crippen LogP contribution in [0, 0.1) is 6.92 Å². The van der Waals surface area contributed by atoms with Crippen LogP contribution in [0.5, 0.6) is 5.75 Å². The van der Waals surface area contributed by atoms with Crippen LogP contribution in [0.3, 0.4) is 0 Å². The fourth-order valence-electron chi connectivity index (χ4n) is 3.19. The highest BCUT2D eigenvalue weighted by Crippen LogP contribution is 2.29. The van der Waals surface area contributed by atoms with Gasteiger partial charge in [-0.1, -0.05) is 29.8 Å². The number of thiazole rings is 1. The lowest BCUT2D eigenvalue weighted by molar-refractivity contribution is 0.126. The molecule has 1 N–H and O–H groups in total. The minimum atomic E-state index is -0.573. The van der Waals surface area contributed by atoms with Crippen molar-refractivity contribution in [2.24, 2.45) is 0 Å². The van der Waals surface area contributed by atoms with Crippen LogP contribution < -0.4 is 10.1 Å². The van der Waals surface area contributed by atoms with Crippen molar-refractivity contribution in [2.75, 3.05) is 6.61 Å². The molecule has 0 radical (unpaired) electrons. The van der Waals surface area contributed by atoms with E-state index in [9.17, 15) is 4.79 Å². The number of nitrogens with one attached hydrogen (secondary N) is 1. The third kappa shape index (κ3) is 5.60. The van der Waals surface area contributed by atoms with Crippen LogP contribution in [0.1, 0.15) is 36.3 Å². The number of hydrogen-bond donors (Lipinski definition) is 1. The Balaban J connectivity index is 1.65. The number of benzene rings is 2. The molecule has 0 aliphatic heterocycles. The third-order valence-corrected chi connectivity index (χ3v) is 5.82. The molecule has 0 fully saturated rings. The zero-order valence-electron chi connectivity index (χ0n) is 18.6. The van der Waals surface area contributed by atoms with Crippen LogP contribution in [0.25, 0.3) is 16.8 Å². The maximum absolute atomic E-state index is 12.6.